The van der Waals surface area contributed by atoms with Gasteiger partial charge in [-0.3, -0.25) is 0 Å². The summed E-state index contributed by atoms with van der Waals surface area (Å²) in [5, 5.41) is 0. The highest BCUT2D eigenvalue weighted by Gasteiger charge is 2.22. The molecule has 3 heteroatoms. The second kappa shape index (κ2) is 4.84. The van der Waals surface area contributed by atoms with E-state index < -0.39 is 0 Å². The summed E-state index contributed by atoms with van der Waals surface area (Å²) < 4.78 is 10.3. The third-order valence-electron chi connectivity index (χ3n) is 2.56. The molecule has 0 saturated carbocycles. The molecule has 1 fully saturated rings. The minimum atomic E-state index is -0.330. The maximum absolute atomic E-state index is 11.7. The van der Waals surface area contributed by atoms with E-state index in [1.165, 1.54) is 7.11 Å². The first-order chi connectivity index (χ1) is 7.83. The van der Waals surface area contributed by atoms with Crippen LogP contribution in [-0.4, -0.2) is 19.7 Å². The Balaban J connectivity index is 2.43. The average molecular weight is 218 g/mol. The van der Waals surface area contributed by atoms with Gasteiger partial charge in [-0.05, 0) is 12.0 Å². The van der Waals surface area contributed by atoms with Gasteiger partial charge in [-0.2, -0.15) is 0 Å². The van der Waals surface area contributed by atoms with Crippen LogP contribution in [0.4, 0.5) is 0 Å². The van der Waals surface area contributed by atoms with E-state index in [1.54, 1.807) is 0 Å². The second-order valence-corrected chi connectivity index (χ2v) is 3.61. The van der Waals surface area contributed by atoms with Crippen molar-refractivity contribution in [1.82, 2.24) is 0 Å². The number of hydrogen-bond acceptors (Lipinski definition) is 3. The third-order valence-corrected chi connectivity index (χ3v) is 2.56. The lowest BCUT2D eigenvalue weighted by Gasteiger charge is -2.09. The molecule has 1 aliphatic heterocycles. The number of ether oxygens (including phenoxy) is 2. The number of carbonyl (C=O) groups excluding carboxylic acids is 1. The fraction of sp³-hybridized carbons (Fsp3) is 0.308. The Hall–Kier alpha value is -1.77. The Kier molecular flexibility index (Phi) is 3.25. The molecular weight excluding hydrogens is 204 g/mol. The molecule has 0 unspecified atom stereocenters. The maximum atomic E-state index is 11.7. The minimum Gasteiger partial charge on any atom is -0.497 e. The van der Waals surface area contributed by atoms with E-state index in [9.17, 15) is 4.79 Å². The van der Waals surface area contributed by atoms with Gasteiger partial charge in [-0.25, -0.2) is 4.79 Å². The molecule has 0 spiro atoms. The Morgan fingerprint density at radius 3 is 2.62 bits per heavy atom. The Morgan fingerprint density at radius 1 is 1.31 bits per heavy atom. The largest absolute Gasteiger partial charge is 0.497 e. The van der Waals surface area contributed by atoms with E-state index in [0.717, 1.165) is 24.2 Å². The zero-order valence-corrected chi connectivity index (χ0v) is 9.23. The zero-order valence-electron chi connectivity index (χ0n) is 9.23. The van der Waals surface area contributed by atoms with E-state index >= 15 is 0 Å². The summed E-state index contributed by atoms with van der Waals surface area (Å²) in [7, 11) is 1.39. The van der Waals surface area contributed by atoms with Crippen molar-refractivity contribution in [2.24, 2.45) is 0 Å². The first kappa shape index (κ1) is 10.7. The fourth-order valence-electron chi connectivity index (χ4n) is 1.80. The lowest BCUT2D eigenvalue weighted by molar-refractivity contribution is -0.133. The molecule has 0 bridgehead atoms. The van der Waals surface area contributed by atoms with Crippen molar-refractivity contribution in [2.45, 2.75) is 12.8 Å². The molecule has 3 nitrogen and oxygen atoms in total. The first-order valence-corrected chi connectivity index (χ1v) is 5.32. The van der Waals surface area contributed by atoms with Crippen molar-refractivity contribution in [1.29, 1.82) is 0 Å². The predicted molar refractivity (Wildman–Crippen MR) is 60.6 cm³/mol. The summed E-state index contributed by atoms with van der Waals surface area (Å²) in [5.74, 6) is 0.418. The van der Waals surface area contributed by atoms with Crippen molar-refractivity contribution in [3.8, 4) is 0 Å². The highest BCUT2D eigenvalue weighted by molar-refractivity contribution is 6.17. The molecule has 0 radical (unpaired) electrons. The molecular formula is C13H14O3. The molecule has 1 aromatic rings. The first-order valence-electron chi connectivity index (χ1n) is 5.32. The van der Waals surface area contributed by atoms with Crippen LogP contribution in [-0.2, 0) is 14.3 Å². The summed E-state index contributed by atoms with van der Waals surface area (Å²) in [6.07, 6.45) is 1.77. The summed E-state index contributed by atoms with van der Waals surface area (Å²) in [6, 6.07) is 9.49. The Bertz CT molecular complexity index is 398. The van der Waals surface area contributed by atoms with Crippen molar-refractivity contribution in [3.63, 3.8) is 0 Å². The van der Waals surface area contributed by atoms with E-state index in [4.69, 9.17) is 9.47 Å². The maximum Gasteiger partial charge on any atom is 0.341 e. The summed E-state index contributed by atoms with van der Waals surface area (Å²) in [4.78, 5) is 11.7. The van der Waals surface area contributed by atoms with E-state index in [2.05, 4.69) is 0 Å². The molecule has 2 rings (SSSR count). The van der Waals surface area contributed by atoms with Gasteiger partial charge < -0.3 is 9.47 Å². The number of benzene rings is 1. The second-order valence-electron chi connectivity index (χ2n) is 3.61. The van der Waals surface area contributed by atoms with Crippen molar-refractivity contribution < 1.29 is 14.3 Å². The van der Waals surface area contributed by atoms with Crippen molar-refractivity contribution in [3.05, 3.63) is 41.7 Å². The Morgan fingerprint density at radius 2 is 2.06 bits per heavy atom. The van der Waals surface area contributed by atoms with E-state index in [-0.39, 0.29) is 5.97 Å². The number of methoxy groups -OCH3 is 1. The monoisotopic (exact) mass is 218 g/mol. The summed E-state index contributed by atoms with van der Waals surface area (Å²) >= 11 is 0. The van der Waals surface area contributed by atoms with Gasteiger partial charge in [0.1, 0.15) is 11.3 Å². The van der Waals surface area contributed by atoms with E-state index in [1.807, 2.05) is 30.3 Å². The lowest BCUT2D eigenvalue weighted by atomic mass is 10.0. The van der Waals surface area contributed by atoms with Crippen LogP contribution in [0.25, 0.3) is 5.57 Å². The van der Waals surface area contributed by atoms with Crippen LogP contribution in [0, 0.1) is 0 Å². The average Bonchev–Trinajstić information content (AvgIpc) is 2.84. The fourth-order valence-corrected chi connectivity index (χ4v) is 1.80. The van der Waals surface area contributed by atoms with Gasteiger partial charge in [-0.15, -0.1) is 0 Å². The topological polar surface area (TPSA) is 35.5 Å². The molecule has 1 aliphatic rings. The molecule has 84 valence electrons. The lowest BCUT2D eigenvalue weighted by Crippen LogP contribution is -2.07. The van der Waals surface area contributed by atoms with Gasteiger partial charge in [0.15, 0.2) is 0 Å². The molecule has 0 atom stereocenters. The minimum absolute atomic E-state index is 0.330. The van der Waals surface area contributed by atoms with Gasteiger partial charge >= 0.3 is 5.97 Å². The number of allylic oxidation sites excluding steroid dienone is 1. The quantitative estimate of drug-likeness (QED) is 0.564. The van der Waals surface area contributed by atoms with Crippen LogP contribution in [0.2, 0.25) is 0 Å². The smallest absolute Gasteiger partial charge is 0.341 e. The van der Waals surface area contributed by atoms with Crippen LogP contribution >= 0.6 is 0 Å². The van der Waals surface area contributed by atoms with Crippen LogP contribution in [0.15, 0.2) is 36.1 Å². The van der Waals surface area contributed by atoms with Gasteiger partial charge in [0.2, 0.25) is 0 Å². The highest BCUT2D eigenvalue weighted by atomic mass is 16.5. The molecule has 0 amide bonds. The molecule has 16 heavy (non-hydrogen) atoms. The van der Waals surface area contributed by atoms with Crippen molar-refractivity contribution in [2.75, 3.05) is 13.7 Å². The Labute approximate surface area is 94.7 Å². The SMILES string of the molecule is COC(=O)/C(=C1\CCCO1)c1ccccc1. The van der Waals surface area contributed by atoms with Gasteiger partial charge in [0, 0.05) is 6.42 Å². The third kappa shape index (κ3) is 2.08. The van der Waals surface area contributed by atoms with Crippen LogP contribution in [0.3, 0.4) is 0 Å². The molecule has 1 heterocycles. The highest BCUT2D eigenvalue weighted by Crippen LogP contribution is 2.27. The van der Waals surface area contributed by atoms with Gasteiger partial charge in [0.25, 0.3) is 0 Å². The zero-order chi connectivity index (χ0) is 11.4. The summed E-state index contributed by atoms with van der Waals surface area (Å²) in [6.45, 7) is 0.683. The molecule has 0 N–H and O–H groups in total. The van der Waals surface area contributed by atoms with Gasteiger partial charge in [-0.1, -0.05) is 30.3 Å². The van der Waals surface area contributed by atoms with Crippen LogP contribution in [0.5, 0.6) is 0 Å². The predicted octanol–water partition coefficient (Wildman–Crippen LogP) is 2.38. The van der Waals surface area contributed by atoms with Crippen LogP contribution in [0.1, 0.15) is 18.4 Å². The van der Waals surface area contributed by atoms with Gasteiger partial charge in [0.05, 0.1) is 13.7 Å². The summed E-state index contributed by atoms with van der Waals surface area (Å²) in [5.41, 5.74) is 1.41. The molecule has 1 saturated heterocycles. The standard InChI is InChI=1S/C13H14O3/c1-15-13(14)12(11-8-5-9-16-11)10-6-3-2-4-7-10/h2-4,6-7H,5,8-9H2,1H3/b12-11+. The molecule has 1 aromatic carbocycles. The number of hydrogen-bond donors (Lipinski definition) is 0. The molecule has 0 aromatic heterocycles. The normalized spacial score (nSPS) is 17.8. The molecule has 0 aliphatic carbocycles. The number of carbonyl (C=O) groups is 1. The van der Waals surface area contributed by atoms with Crippen LogP contribution < -0.4 is 0 Å². The number of rotatable bonds is 2. The van der Waals surface area contributed by atoms with E-state index in [0.29, 0.717) is 12.2 Å². The van der Waals surface area contributed by atoms with Crippen molar-refractivity contribution >= 4 is 11.5 Å². The number of esters is 1.